The number of nitrogens with zero attached hydrogens (tertiary/aromatic N) is 2. The Morgan fingerprint density at radius 1 is 1.21 bits per heavy atom. The molecule has 2 saturated heterocycles. The average Bonchev–Trinajstić information content (AvgIpc) is 3.58. The van der Waals surface area contributed by atoms with E-state index in [-0.39, 0.29) is 34.6 Å². The SMILES string of the molecule is CNS(=O)(=O)c1cccc(OCC(O)CN[C@H]2COC3(CCN(S(=O)(=O)c4cnc5c(c4)CNC5)CC3)C2)c1. The molecular weight excluding hydrogens is 546 g/mol. The number of aliphatic hydroxyl groups is 1. The van der Waals surface area contributed by atoms with Gasteiger partial charge in [-0.05, 0) is 50.1 Å². The lowest BCUT2D eigenvalue weighted by Crippen LogP contribution is -2.47. The number of fused-ring (bicyclic) bond motifs is 1. The van der Waals surface area contributed by atoms with Crippen LogP contribution in [0.4, 0.5) is 0 Å². The fourth-order valence-electron chi connectivity index (χ4n) is 5.30. The minimum atomic E-state index is -3.62. The second kappa shape index (κ2) is 11.4. The van der Waals surface area contributed by atoms with Gasteiger partial charge in [0, 0.05) is 51.0 Å². The maximum Gasteiger partial charge on any atom is 0.244 e. The van der Waals surface area contributed by atoms with Gasteiger partial charge in [0.1, 0.15) is 23.4 Å². The average molecular weight is 582 g/mol. The Bertz CT molecular complexity index is 1400. The van der Waals surface area contributed by atoms with Crippen LogP contribution in [0.15, 0.2) is 46.3 Å². The first-order valence-corrected chi connectivity index (χ1v) is 15.9. The Morgan fingerprint density at radius 3 is 2.77 bits per heavy atom. The number of benzene rings is 1. The van der Waals surface area contributed by atoms with Gasteiger partial charge in [-0.2, -0.15) is 4.31 Å². The first kappa shape index (κ1) is 28.4. The molecule has 4 N–H and O–H groups in total. The van der Waals surface area contributed by atoms with Crippen molar-refractivity contribution in [2.45, 2.75) is 59.9 Å². The monoisotopic (exact) mass is 581 g/mol. The van der Waals surface area contributed by atoms with Crippen LogP contribution < -0.4 is 20.1 Å². The Labute approximate surface area is 229 Å². The number of sulfonamides is 2. The first-order chi connectivity index (χ1) is 18.6. The summed E-state index contributed by atoms with van der Waals surface area (Å²) < 4.78 is 65.9. The predicted molar refractivity (Wildman–Crippen MR) is 142 cm³/mol. The molecule has 2 aromatic rings. The summed E-state index contributed by atoms with van der Waals surface area (Å²) in [6.07, 6.45) is 2.57. The molecule has 0 amide bonds. The van der Waals surface area contributed by atoms with Crippen molar-refractivity contribution in [2.75, 3.05) is 39.9 Å². The molecule has 1 aromatic heterocycles. The number of hydrogen-bond acceptors (Lipinski definition) is 10. The van der Waals surface area contributed by atoms with E-state index in [0.29, 0.717) is 51.4 Å². The Balaban J connectivity index is 1.08. The summed E-state index contributed by atoms with van der Waals surface area (Å²) in [5.41, 5.74) is 1.44. The van der Waals surface area contributed by atoms with Gasteiger partial charge in [0.25, 0.3) is 0 Å². The molecule has 0 saturated carbocycles. The molecule has 1 unspecified atom stereocenters. The van der Waals surface area contributed by atoms with Crippen molar-refractivity contribution in [1.82, 2.24) is 24.6 Å². The van der Waals surface area contributed by atoms with Gasteiger partial charge in [0.2, 0.25) is 20.0 Å². The van der Waals surface area contributed by atoms with Crippen molar-refractivity contribution in [3.8, 4) is 5.75 Å². The number of piperidine rings is 1. The van der Waals surface area contributed by atoms with E-state index in [1.165, 1.54) is 29.7 Å². The summed E-state index contributed by atoms with van der Waals surface area (Å²) in [5.74, 6) is 0.350. The minimum Gasteiger partial charge on any atom is -0.491 e. The van der Waals surface area contributed by atoms with Gasteiger partial charge in [-0.1, -0.05) is 6.07 Å². The largest absolute Gasteiger partial charge is 0.491 e. The molecule has 0 aliphatic carbocycles. The Hall–Kier alpha value is -2.17. The number of aliphatic hydroxyl groups excluding tert-OH is 1. The van der Waals surface area contributed by atoms with Gasteiger partial charge in [-0.15, -0.1) is 0 Å². The van der Waals surface area contributed by atoms with E-state index >= 15 is 0 Å². The van der Waals surface area contributed by atoms with E-state index < -0.39 is 26.2 Å². The lowest BCUT2D eigenvalue weighted by atomic mass is 9.88. The van der Waals surface area contributed by atoms with E-state index in [0.717, 1.165) is 17.7 Å². The molecule has 3 aliphatic rings. The van der Waals surface area contributed by atoms with Crippen molar-refractivity contribution < 1.29 is 31.4 Å². The summed E-state index contributed by atoms with van der Waals surface area (Å²) >= 11 is 0. The highest BCUT2D eigenvalue weighted by Crippen LogP contribution is 2.37. The topological polar surface area (TPSA) is 159 Å². The van der Waals surface area contributed by atoms with Crippen LogP contribution in [0.1, 0.15) is 30.5 Å². The lowest BCUT2D eigenvalue weighted by Gasteiger charge is -2.38. The summed E-state index contributed by atoms with van der Waals surface area (Å²) in [6.45, 7) is 2.80. The molecule has 5 rings (SSSR count). The van der Waals surface area contributed by atoms with Gasteiger partial charge in [-0.25, -0.2) is 21.6 Å². The van der Waals surface area contributed by atoms with Gasteiger partial charge < -0.3 is 25.2 Å². The van der Waals surface area contributed by atoms with Gasteiger partial charge in [-0.3, -0.25) is 4.98 Å². The standard InChI is InChI=1S/C25H35N5O7S2/c1-26-38(32,33)22-4-2-3-21(10-22)36-17-20(31)13-28-19-11-25(37-16-19)5-7-30(8-6-25)39(34,35)23-9-18-12-27-15-24(18)29-14-23/h2-4,9-10,14,19-20,26-28,31H,5-8,11-13,15-17H2,1H3/t19-,20?/m1/s1. The molecule has 3 aliphatic heterocycles. The number of pyridine rings is 1. The van der Waals surface area contributed by atoms with Crippen LogP contribution in [-0.2, 0) is 37.9 Å². The van der Waals surface area contributed by atoms with Crippen LogP contribution in [0.3, 0.4) is 0 Å². The van der Waals surface area contributed by atoms with Crippen molar-refractivity contribution in [1.29, 1.82) is 0 Å². The van der Waals surface area contributed by atoms with Crippen molar-refractivity contribution in [3.05, 3.63) is 47.8 Å². The molecule has 214 valence electrons. The Kier molecular flexibility index (Phi) is 8.27. The van der Waals surface area contributed by atoms with E-state index in [2.05, 4.69) is 20.3 Å². The second-order valence-corrected chi connectivity index (χ2v) is 14.1. The number of aromatic nitrogens is 1. The zero-order chi connectivity index (χ0) is 27.7. The van der Waals surface area contributed by atoms with Crippen LogP contribution >= 0.6 is 0 Å². The third-order valence-corrected chi connectivity index (χ3v) is 10.9. The maximum absolute atomic E-state index is 13.2. The first-order valence-electron chi connectivity index (χ1n) is 13.0. The van der Waals surface area contributed by atoms with E-state index in [9.17, 15) is 21.9 Å². The molecule has 14 heteroatoms. The highest BCUT2D eigenvalue weighted by molar-refractivity contribution is 7.89. The van der Waals surface area contributed by atoms with Gasteiger partial charge >= 0.3 is 0 Å². The van der Waals surface area contributed by atoms with Gasteiger partial charge in [0.05, 0.1) is 22.8 Å². The lowest BCUT2D eigenvalue weighted by molar-refractivity contribution is -0.0312. The van der Waals surface area contributed by atoms with E-state index in [1.807, 2.05) is 0 Å². The molecule has 0 radical (unpaired) electrons. The van der Waals surface area contributed by atoms with Crippen LogP contribution in [0.25, 0.3) is 0 Å². The normalized spacial score (nSPS) is 22.2. The Morgan fingerprint density at radius 2 is 2.00 bits per heavy atom. The minimum absolute atomic E-state index is 0.00475. The number of hydrogen-bond donors (Lipinski definition) is 4. The second-order valence-electron chi connectivity index (χ2n) is 10.2. The summed E-state index contributed by atoms with van der Waals surface area (Å²) in [5, 5.41) is 16.9. The summed E-state index contributed by atoms with van der Waals surface area (Å²) in [6, 6.07) is 7.84. The molecule has 2 atom stereocenters. The van der Waals surface area contributed by atoms with Gasteiger partial charge in [0.15, 0.2) is 0 Å². The molecule has 2 fully saturated rings. The van der Waals surface area contributed by atoms with Crippen molar-refractivity contribution in [2.24, 2.45) is 0 Å². The quantitative estimate of drug-likeness (QED) is 0.299. The van der Waals surface area contributed by atoms with E-state index in [4.69, 9.17) is 9.47 Å². The zero-order valence-electron chi connectivity index (χ0n) is 21.8. The number of nitrogens with one attached hydrogen (secondary N) is 3. The summed E-state index contributed by atoms with van der Waals surface area (Å²) in [7, 11) is -5.86. The van der Waals surface area contributed by atoms with E-state index in [1.54, 1.807) is 18.2 Å². The maximum atomic E-state index is 13.2. The molecule has 1 aromatic carbocycles. The van der Waals surface area contributed by atoms with Crippen LogP contribution in [0.2, 0.25) is 0 Å². The summed E-state index contributed by atoms with van der Waals surface area (Å²) in [4.78, 5) is 4.65. The van der Waals surface area contributed by atoms with Crippen LogP contribution in [0.5, 0.6) is 5.75 Å². The molecule has 39 heavy (non-hydrogen) atoms. The highest BCUT2D eigenvalue weighted by atomic mass is 32.2. The fourth-order valence-corrected chi connectivity index (χ4v) is 7.50. The third kappa shape index (κ3) is 6.28. The number of rotatable bonds is 10. The molecular formula is C25H35N5O7S2. The molecule has 12 nitrogen and oxygen atoms in total. The number of ether oxygens (including phenoxy) is 2. The van der Waals surface area contributed by atoms with Crippen molar-refractivity contribution in [3.63, 3.8) is 0 Å². The predicted octanol–water partition coefficient (Wildman–Crippen LogP) is -0.0654. The fraction of sp³-hybridized carbons (Fsp3) is 0.560. The third-order valence-electron chi connectivity index (χ3n) is 7.59. The van der Waals surface area contributed by atoms with Crippen LogP contribution in [-0.4, -0.2) is 88.9 Å². The smallest absolute Gasteiger partial charge is 0.244 e. The molecule has 0 bridgehead atoms. The molecule has 1 spiro atoms. The highest BCUT2D eigenvalue weighted by Gasteiger charge is 2.44. The van der Waals surface area contributed by atoms with Crippen LogP contribution in [0, 0.1) is 0 Å². The molecule has 4 heterocycles. The zero-order valence-corrected chi connectivity index (χ0v) is 23.4. The van der Waals surface area contributed by atoms with Crippen molar-refractivity contribution >= 4 is 20.0 Å².